The number of aromatic nitrogens is 1. The zero-order valence-corrected chi connectivity index (χ0v) is 11.8. The van der Waals surface area contributed by atoms with Crippen LogP contribution in [0.2, 0.25) is 0 Å². The van der Waals surface area contributed by atoms with Crippen molar-refractivity contribution in [3.63, 3.8) is 0 Å². The molecular weight excluding hydrogens is 230 g/mol. The first-order valence-electron chi connectivity index (χ1n) is 6.80. The van der Waals surface area contributed by atoms with E-state index in [0.717, 1.165) is 11.9 Å². The monoisotopic (exact) mass is 249 g/mol. The van der Waals surface area contributed by atoms with Crippen molar-refractivity contribution in [3.8, 4) is 0 Å². The molecular formula is C18H19N. The summed E-state index contributed by atoms with van der Waals surface area (Å²) in [6, 6.07) is 15.1. The van der Waals surface area contributed by atoms with Gasteiger partial charge in [0, 0.05) is 17.0 Å². The average molecular weight is 249 g/mol. The highest BCUT2D eigenvalue weighted by atomic mass is 14.6. The average Bonchev–Trinajstić information content (AvgIpc) is 2.37. The Bertz CT molecular complexity index is 735. The quantitative estimate of drug-likeness (QED) is 0.554. The maximum Gasteiger partial charge on any atom is 0.0783 e. The number of rotatable bonds is 1. The molecule has 0 atom stereocenters. The molecule has 0 unspecified atom stereocenters. The summed E-state index contributed by atoms with van der Waals surface area (Å²) in [5.41, 5.74) is 2.81. The van der Waals surface area contributed by atoms with Crippen molar-refractivity contribution < 1.29 is 0 Å². The third kappa shape index (κ3) is 2.33. The molecule has 1 heteroatoms. The SMILES string of the molecule is CC(C)(C)Cc1cc2ccccc2c2ncccc12. The molecule has 0 saturated carbocycles. The van der Waals surface area contributed by atoms with Gasteiger partial charge in [0.05, 0.1) is 5.52 Å². The lowest BCUT2D eigenvalue weighted by atomic mass is 9.85. The first-order valence-corrected chi connectivity index (χ1v) is 6.80. The lowest BCUT2D eigenvalue weighted by molar-refractivity contribution is 0.413. The summed E-state index contributed by atoms with van der Waals surface area (Å²) in [6.45, 7) is 6.85. The molecule has 0 aliphatic heterocycles. The van der Waals surface area contributed by atoms with Crippen LogP contribution in [0.5, 0.6) is 0 Å². The molecule has 96 valence electrons. The van der Waals surface area contributed by atoms with Crippen LogP contribution in [0.1, 0.15) is 26.3 Å². The predicted octanol–water partition coefficient (Wildman–Crippen LogP) is 4.98. The molecule has 1 aromatic heterocycles. The van der Waals surface area contributed by atoms with Gasteiger partial charge in [-0.15, -0.1) is 0 Å². The fraction of sp³-hybridized carbons (Fsp3) is 0.278. The van der Waals surface area contributed by atoms with Crippen LogP contribution in [0.3, 0.4) is 0 Å². The Labute approximate surface area is 114 Å². The van der Waals surface area contributed by atoms with Gasteiger partial charge in [0.25, 0.3) is 0 Å². The largest absolute Gasteiger partial charge is 0.256 e. The maximum absolute atomic E-state index is 4.60. The molecule has 0 N–H and O–H groups in total. The fourth-order valence-electron chi connectivity index (χ4n) is 2.70. The van der Waals surface area contributed by atoms with E-state index in [9.17, 15) is 0 Å². The molecule has 0 bridgehead atoms. The lowest BCUT2D eigenvalue weighted by Gasteiger charge is -2.20. The van der Waals surface area contributed by atoms with Crippen LogP contribution in [0.15, 0.2) is 48.7 Å². The maximum atomic E-state index is 4.60. The number of pyridine rings is 1. The Morgan fingerprint density at radius 1 is 0.947 bits per heavy atom. The molecule has 0 radical (unpaired) electrons. The molecule has 3 rings (SSSR count). The third-order valence-corrected chi connectivity index (χ3v) is 3.42. The van der Waals surface area contributed by atoms with Gasteiger partial charge >= 0.3 is 0 Å². The first-order chi connectivity index (χ1) is 9.04. The van der Waals surface area contributed by atoms with Crippen molar-refractivity contribution in [1.29, 1.82) is 0 Å². The zero-order valence-electron chi connectivity index (χ0n) is 11.8. The second-order valence-electron chi connectivity index (χ2n) is 6.39. The summed E-state index contributed by atoms with van der Waals surface area (Å²) >= 11 is 0. The van der Waals surface area contributed by atoms with Gasteiger partial charge in [-0.3, -0.25) is 4.98 Å². The number of fused-ring (bicyclic) bond motifs is 3. The Morgan fingerprint density at radius 3 is 2.47 bits per heavy atom. The fourth-order valence-corrected chi connectivity index (χ4v) is 2.70. The standard InChI is InChI=1S/C18H19N/c1-18(2,3)12-14-11-13-7-4-5-8-15(13)17-16(14)9-6-10-19-17/h4-11H,12H2,1-3H3. The highest BCUT2D eigenvalue weighted by Crippen LogP contribution is 2.31. The van der Waals surface area contributed by atoms with Crippen molar-refractivity contribution in [2.45, 2.75) is 27.2 Å². The molecule has 0 amide bonds. The van der Waals surface area contributed by atoms with Crippen molar-refractivity contribution in [2.24, 2.45) is 5.41 Å². The minimum Gasteiger partial charge on any atom is -0.256 e. The van der Waals surface area contributed by atoms with Crippen LogP contribution < -0.4 is 0 Å². The van der Waals surface area contributed by atoms with Crippen LogP contribution in [0.25, 0.3) is 21.7 Å². The Kier molecular flexibility index (Phi) is 2.78. The third-order valence-electron chi connectivity index (χ3n) is 3.42. The minimum absolute atomic E-state index is 0.283. The number of hydrogen-bond acceptors (Lipinski definition) is 1. The van der Waals surface area contributed by atoms with Gasteiger partial charge in [0.2, 0.25) is 0 Å². The Hall–Kier alpha value is -1.89. The van der Waals surface area contributed by atoms with Crippen molar-refractivity contribution >= 4 is 21.7 Å². The second kappa shape index (κ2) is 4.34. The number of hydrogen-bond donors (Lipinski definition) is 0. The summed E-state index contributed by atoms with van der Waals surface area (Å²) in [7, 11) is 0. The molecule has 0 saturated heterocycles. The van der Waals surface area contributed by atoms with Gasteiger partial charge in [0.15, 0.2) is 0 Å². The number of nitrogens with zero attached hydrogens (tertiary/aromatic N) is 1. The van der Waals surface area contributed by atoms with E-state index in [4.69, 9.17) is 0 Å². The molecule has 0 aliphatic carbocycles. The summed E-state index contributed by atoms with van der Waals surface area (Å²) < 4.78 is 0. The molecule has 1 nitrogen and oxygen atoms in total. The Balaban J connectivity index is 2.36. The van der Waals surface area contributed by atoms with E-state index in [2.05, 4.69) is 62.2 Å². The van der Waals surface area contributed by atoms with E-state index < -0.39 is 0 Å². The van der Waals surface area contributed by atoms with Crippen LogP contribution in [-0.4, -0.2) is 4.98 Å². The highest BCUT2D eigenvalue weighted by molar-refractivity contribution is 6.06. The van der Waals surface area contributed by atoms with Crippen LogP contribution in [0, 0.1) is 5.41 Å². The summed E-state index contributed by atoms with van der Waals surface area (Å²) in [5, 5.41) is 3.82. The van der Waals surface area contributed by atoms with Gasteiger partial charge in [0.1, 0.15) is 0 Å². The molecule has 19 heavy (non-hydrogen) atoms. The minimum atomic E-state index is 0.283. The van der Waals surface area contributed by atoms with E-state index in [1.165, 1.54) is 21.7 Å². The van der Waals surface area contributed by atoms with E-state index in [1.54, 1.807) is 0 Å². The summed E-state index contributed by atoms with van der Waals surface area (Å²) in [5.74, 6) is 0. The van der Waals surface area contributed by atoms with E-state index in [1.807, 2.05) is 12.3 Å². The normalized spacial score (nSPS) is 12.2. The smallest absolute Gasteiger partial charge is 0.0783 e. The molecule has 2 aromatic carbocycles. The van der Waals surface area contributed by atoms with Crippen LogP contribution >= 0.6 is 0 Å². The Morgan fingerprint density at radius 2 is 1.68 bits per heavy atom. The number of benzene rings is 2. The summed E-state index contributed by atoms with van der Waals surface area (Å²) in [6.07, 6.45) is 2.95. The van der Waals surface area contributed by atoms with Gasteiger partial charge in [-0.2, -0.15) is 0 Å². The summed E-state index contributed by atoms with van der Waals surface area (Å²) in [4.78, 5) is 4.60. The van der Waals surface area contributed by atoms with Crippen molar-refractivity contribution in [2.75, 3.05) is 0 Å². The van der Waals surface area contributed by atoms with Crippen molar-refractivity contribution in [3.05, 3.63) is 54.2 Å². The molecule has 0 spiro atoms. The van der Waals surface area contributed by atoms with Crippen LogP contribution in [-0.2, 0) is 6.42 Å². The second-order valence-corrected chi connectivity index (χ2v) is 6.39. The van der Waals surface area contributed by atoms with E-state index in [-0.39, 0.29) is 5.41 Å². The van der Waals surface area contributed by atoms with Gasteiger partial charge in [-0.25, -0.2) is 0 Å². The zero-order chi connectivity index (χ0) is 13.5. The predicted molar refractivity (Wildman–Crippen MR) is 82.4 cm³/mol. The topological polar surface area (TPSA) is 12.9 Å². The molecule has 0 aliphatic rings. The van der Waals surface area contributed by atoms with E-state index >= 15 is 0 Å². The van der Waals surface area contributed by atoms with Gasteiger partial charge in [-0.05, 0) is 28.9 Å². The molecule has 0 fully saturated rings. The van der Waals surface area contributed by atoms with E-state index in [0.29, 0.717) is 0 Å². The first kappa shape index (κ1) is 12.2. The lowest BCUT2D eigenvalue weighted by Crippen LogP contribution is -2.09. The molecule has 3 aromatic rings. The highest BCUT2D eigenvalue weighted by Gasteiger charge is 2.15. The van der Waals surface area contributed by atoms with Crippen molar-refractivity contribution in [1.82, 2.24) is 4.98 Å². The van der Waals surface area contributed by atoms with Gasteiger partial charge in [-0.1, -0.05) is 57.2 Å². The van der Waals surface area contributed by atoms with Crippen LogP contribution in [0.4, 0.5) is 0 Å². The van der Waals surface area contributed by atoms with Gasteiger partial charge < -0.3 is 0 Å². The molecule has 1 heterocycles.